The molecule has 2 N–H and O–H groups in total. The van der Waals surface area contributed by atoms with E-state index in [0.717, 1.165) is 37.8 Å². The van der Waals surface area contributed by atoms with Crippen molar-refractivity contribution >= 4 is 10.0 Å². The molecule has 0 saturated heterocycles. The topological polar surface area (TPSA) is 58.2 Å². The summed E-state index contributed by atoms with van der Waals surface area (Å²) >= 11 is 0. The number of rotatable bonds is 6. The summed E-state index contributed by atoms with van der Waals surface area (Å²) < 4.78 is 27.4. The van der Waals surface area contributed by atoms with Crippen LogP contribution in [0.25, 0.3) is 0 Å². The minimum absolute atomic E-state index is 0.0963. The summed E-state index contributed by atoms with van der Waals surface area (Å²) in [5, 5.41) is 3.08. The van der Waals surface area contributed by atoms with Crippen LogP contribution in [0.4, 0.5) is 0 Å². The Bertz CT molecular complexity index is 525. The molecule has 0 amide bonds. The van der Waals surface area contributed by atoms with Crippen molar-refractivity contribution in [2.24, 2.45) is 5.92 Å². The Morgan fingerprint density at radius 1 is 1.20 bits per heavy atom. The Balaban J connectivity index is 2.01. The molecule has 0 heterocycles. The minimum atomic E-state index is -3.37. The van der Waals surface area contributed by atoms with Crippen molar-refractivity contribution in [3.63, 3.8) is 0 Å². The zero-order chi connectivity index (χ0) is 14.6. The first-order valence-electron chi connectivity index (χ1n) is 7.27. The molecular formula is C15H24N2O2S. The SMILES string of the molecule is CNCCc1ccc(S(=O)(=O)NC2CCC(C)C2)cc1. The van der Waals surface area contributed by atoms with Crippen LogP contribution in [0.3, 0.4) is 0 Å². The Kier molecular flexibility index (Phi) is 5.18. The molecule has 0 radical (unpaired) electrons. The summed E-state index contributed by atoms with van der Waals surface area (Å²) in [6.07, 6.45) is 3.90. The number of benzene rings is 1. The van der Waals surface area contributed by atoms with Crippen LogP contribution in [-0.4, -0.2) is 28.1 Å². The summed E-state index contributed by atoms with van der Waals surface area (Å²) in [4.78, 5) is 0.366. The zero-order valence-corrected chi connectivity index (χ0v) is 13.0. The van der Waals surface area contributed by atoms with E-state index in [-0.39, 0.29) is 6.04 Å². The van der Waals surface area contributed by atoms with Gasteiger partial charge in [-0.15, -0.1) is 0 Å². The largest absolute Gasteiger partial charge is 0.319 e. The highest BCUT2D eigenvalue weighted by atomic mass is 32.2. The first-order chi connectivity index (χ1) is 9.51. The minimum Gasteiger partial charge on any atom is -0.319 e. The van der Waals surface area contributed by atoms with Crippen LogP contribution in [0, 0.1) is 5.92 Å². The molecule has 1 aliphatic rings. The van der Waals surface area contributed by atoms with E-state index in [0.29, 0.717) is 10.8 Å². The van der Waals surface area contributed by atoms with Gasteiger partial charge < -0.3 is 5.32 Å². The van der Waals surface area contributed by atoms with Gasteiger partial charge in [0.1, 0.15) is 0 Å². The molecule has 2 unspecified atom stereocenters. The highest BCUT2D eigenvalue weighted by Crippen LogP contribution is 2.26. The lowest BCUT2D eigenvalue weighted by atomic mass is 10.1. The zero-order valence-electron chi connectivity index (χ0n) is 12.2. The van der Waals surface area contributed by atoms with E-state index < -0.39 is 10.0 Å². The number of hydrogen-bond acceptors (Lipinski definition) is 3. The molecule has 1 saturated carbocycles. The van der Waals surface area contributed by atoms with Crippen molar-refractivity contribution in [2.75, 3.05) is 13.6 Å². The number of sulfonamides is 1. The highest BCUT2D eigenvalue weighted by Gasteiger charge is 2.26. The molecular weight excluding hydrogens is 272 g/mol. The van der Waals surface area contributed by atoms with Crippen molar-refractivity contribution in [3.8, 4) is 0 Å². The molecule has 0 aliphatic heterocycles. The first-order valence-corrected chi connectivity index (χ1v) is 8.75. The Morgan fingerprint density at radius 3 is 2.45 bits per heavy atom. The molecule has 1 aromatic carbocycles. The summed E-state index contributed by atoms with van der Waals surface area (Å²) in [6.45, 7) is 3.06. The fourth-order valence-electron chi connectivity index (χ4n) is 2.71. The third-order valence-corrected chi connectivity index (χ3v) is 5.45. The first kappa shape index (κ1) is 15.5. The third kappa shape index (κ3) is 4.04. The van der Waals surface area contributed by atoms with Crippen LogP contribution >= 0.6 is 0 Å². The Morgan fingerprint density at radius 2 is 1.90 bits per heavy atom. The second-order valence-corrected chi connectivity index (χ2v) is 7.45. The highest BCUT2D eigenvalue weighted by molar-refractivity contribution is 7.89. The van der Waals surface area contributed by atoms with Crippen LogP contribution in [-0.2, 0) is 16.4 Å². The van der Waals surface area contributed by atoms with Crippen molar-refractivity contribution < 1.29 is 8.42 Å². The average molecular weight is 296 g/mol. The van der Waals surface area contributed by atoms with Gasteiger partial charge in [-0.25, -0.2) is 13.1 Å². The Labute approximate surface area is 122 Å². The van der Waals surface area contributed by atoms with Crippen molar-refractivity contribution in [2.45, 2.75) is 43.5 Å². The summed E-state index contributed by atoms with van der Waals surface area (Å²) in [6, 6.07) is 7.28. The van der Waals surface area contributed by atoms with Crippen LogP contribution in [0.1, 0.15) is 31.7 Å². The molecule has 1 fully saturated rings. The molecule has 112 valence electrons. The van der Waals surface area contributed by atoms with Gasteiger partial charge in [0.25, 0.3) is 0 Å². The van der Waals surface area contributed by atoms with Crippen LogP contribution < -0.4 is 10.0 Å². The smallest absolute Gasteiger partial charge is 0.240 e. The maximum absolute atomic E-state index is 12.3. The molecule has 5 heteroatoms. The Hall–Kier alpha value is -0.910. The van der Waals surface area contributed by atoms with Gasteiger partial charge in [0.2, 0.25) is 10.0 Å². The normalized spacial score (nSPS) is 23.1. The predicted molar refractivity (Wildman–Crippen MR) is 81.2 cm³/mol. The predicted octanol–water partition coefficient (Wildman–Crippen LogP) is 1.92. The lowest BCUT2D eigenvalue weighted by Gasteiger charge is -2.13. The monoisotopic (exact) mass is 296 g/mol. The lowest BCUT2D eigenvalue weighted by molar-refractivity contribution is 0.538. The molecule has 4 nitrogen and oxygen atoms in total. The van der Waals surface area contributed by atoms with Crippen LogP contribution in [0.5, 0.6) is 0 Å². The number of likely N-dealkylation sites (N-methyl/N-ethyl adjacent to an activating group) is 1. The molecule has 0 bridgehead atoms. The van der Waals surface area contributed by atoms with E-state index in [9.17, 15) is 8.42 Å². The second kappa shape index (κ2) is 6.70. The van der Waals surface area contributed by atoms with Crippen molar-refractivity contribution in [1.29, 1.82) is 0 Å². The van der Waals surface area contributed by atoms with Crippen LogP contribution in [0.15, 0.2) is 29.2 Å². The third-order valence-electron chi connectivity index (χ3n) is 3.91. The van der Waals surface area contributed by atoms with Gasteiger partial charge in [-0.2, -0.15) is 0 Å². The summed E-state index contributed by atoms with van der Waals surface area (Å²) in [5.41, 5.74) is 1.15. The van der Waals surface area contributed by atoms with Gasteiger partial charge in [0, 0.05) is 6.04 Å². The van der Waals surface area contributed by atoms with E-state index in [1.54, 1.807) is 12.1 Å². The van der Waals surface area contributed by atoms with Gasteiger partial charge in [-0.3, -0.25) is 0 Å². The second-order valence-electron chi connectivity index (χ2n) is 5.73. The molecule has 1 aliphatic carbocycles. The van der Waals surface area contributed by atoms with E-state index >= 15 is 0 Å². The summed E-state index contributed by atoms with van der Waals surface area (Å²) in [7, 11) is -1.46. The quantitative estimate of drug-likeness (QED) is 0.843. The van der Waals surface area contributed by atoms with Crippen LogP contribution in [0.2, 0.25) is 0 Å². The average Bonchev–Trinajstić information content (AvgIpc) is 2.81. The molecule has 0 spiro atoms. The van der Waals surface area contributed by atoms with Gasteiger partial charge in [0.05, 0.1) is 4.90 Å². The molecule has 2 rings (SSSR count). The fraction of sp³-hybridized carbons (Fsp3) is 0.600. The molecule has 1 aromatic rings. The molecule has 20 heavy (non-hydrogen) atoms. The maximum atomic E-state index is 12.3. The number of nitrogens with one attached hydrogen (secondary N) is 2. The van der Waals surface area contributed by atoms with E-state index in [1.165, 1.54) is 0 Å². The van der Waals surface area contributed by atoms with Gasteiger partial charge in [-0.1, -0.05) is 19.1 Å². The number of hydrogen-bond donors (Lipinski definition) is 2. The van der Waals surface area contributed by atoms with Gasteiger partial charge >= 0.3 is 0 Å². The summed E-state index contributed by atoms with van der Waals surface area (Å²) in [5.74, 6) is 0.617. The lowest BCUT2D eigenvalue weighted by Crippen LogP contribution is -2.32. The van der Waals surface area contributed by atoms with Crippen molar-refractivity contribution in [1.82, 2.24) is 10.0 Å². The maximum Gasteiger partial charge on any atom is 0.240 e. The van der Waals surface area contributed by atoms with E-state index in [4.69, 9.17) is 0 Å². The van der Waals surface area contributed by atoms with E-state index in [2.05, 4.69) is 17.0 Å². The standard InChI is InChI=1S/C15H24N2O2S/c1-12-3-6-14(11-12)17-20(18,19)15-7-4-13(5-8-15)9-10-16-2/h4-5,7-8,12,14,16-17H,3,6,9-11H2,1-2H3. The van der Waals surface area contributed by atoms with Gasteiger partial charge in [-0.05, 0) is 62.9 Å². The molecule has 2 atom stereocenters. The van der Waals surface area contributed by atoms with Gasteiger partial charge in [0.15, 0.2) is 0 Å². The fourth-order valence-corrected chi connectivity index (χ4v) is 3.99. The molecule has 0 aromatic heterocycles. The van der Waals surface area contributed by atoms with Crippen molar-refractivity contribution in [3.05, 3.63) is 29.8 Å². The van der Waals surface area contributed by atoms with E-state index in [1.807, 2.05) is 19.2 Å².